The summed E-state index contributed by atoms with van der Waals surface area (Å²) >= 11 is 0. The van der Waals surface area contributed by atoms with Crippen LogP contribution in [-0.4, -0.2) is 60.6 Å². The van der Waals surface area contributed by atoms with E-state index in [4.69, 9.17) is 4.74 Å². The SMILES string of the molecule is CCOc1ccc(C(=O)N2CCN(C(=O)NC3CCCC3)CC2)cc1. The second-order valence-corrected chi connectivity index (χ2v) is 6.67. The van der Waals surface area contributed by atoms with Crippen molar-refractivity contribution in [1.82, 2.24) is 15.1 Å². The fourth-order valence-electron chi connectivity index (χ4n) is 3.49. The highest BCUT2D eigenvalue weighted by Crippen LogP contribution is 2.18. The smallest absolute Gasteiger partial charge is 0.317 e. The molecule has 2 fully saturated rings. The molecule has 136 valence electrons. The highest BCUT2D eigenvalue weighted by molar-refractivity contribution is 5.94. The maximum absolute atomic E-state index is 12.6. The lowest BCUT2D eigenvalue weighted by Gasteiger charge is -2.35. The van der Waals surface area contributed by atoms with Gasteiger partial charge >= 0.3 is 6.03 Å². The first-order valence-electron chi connectivity index (χ1n) is 9.25. The molecule has 1 saturated carbocycles. The van der Waals surface area contributed by atoms with Crippen molar-refractivity contribution in [2.24, 2.45) is 0 Å². The molecule has 0 bridgehead atoms. The van der Waals surface area contributed by atoms with E-state index in [2.05, 4.69) is 5.32 Å². The number of amides is 3. The number of urea groups is 1. The summed E-state index contributed by atoms with van der Waals surface area (Å²) in [6.07, 6.45) is 4.58. The maximum atomic E-state index is 12.6. The van der Waals surface area contributed by atoms with E-state index in [0.717, 1.165) is 18.6 Å². The van der Waals surface area contributed by atoms with Gasteiger partial charge in [0, 0.05) is 37.8 Å². The summed E-state index contributed by atoms with van der Waals surface area (Å²) in [7, 11) is 0. The summed E-state index contributed by atoms with van der Waals surface area (Å²) < 4.78 is 5.40. The van der Waals surface area contributed by atoms with Crippen LogP contribution in [0.5, 0.6) is 5.75 Å². The van der Waals surface area contributed by atoms with E-state index in [0.29, 0.717) is 44.4 Å². The van der Waals surface area contributed by atoms with Crippen molar-refractivity contribution >= 4 is 11.9 Å². The van der Waals surface area contributed by atoms with E-state index in [-0.39, 0.29) is 11.9 Å². The number of hydrogen-bond donors (Lipinski definition) is 1. The molecule has 25 heavy (non-hydrogen) atoms. The van der Waals surface area contributed by atoms with Crippen molar-refractivity contribution in [3.05, 3.63) is 29.8 Å². The lowest BCUT2D eigenvalue weighted by atomic mass is 10.1. The van der Waals surface area contributed by atoms with Crippen molar-refractivity contribution in [2.75, 3.05) is 32.8 Å². The molecule has 6 nitrogen and oxygen atoms in total. The summed E-state index contributed by atoms with van der Waals surface area (Å²) in [6.45, 7) is 4.86. The van der Waals surface area contributed by atoms with Crippen molar-refractivity contribution in [2.45, 2.75) is 38.6 Å². The largest absolute Gasteiger partial charge is 0.494 e. The van der Waals surface area contributed by atoms with E-state index < -0.39 is 0 Å². The number of ether oxygens (including phenoxy) is 1. The fraction of sp³-hybridized carbons (Fsp3) is 0.579. The van der Waals surface area contributed by atoms with Crippen LogP contribution >= 0.6 is 0 Å². The van der Waals surface area contributed by atoms with Crippen molar-refractivity contribution < 1.29 is 14.3 Å². The zero-order valence-electron chi connectivity index (χ0n) is 14.9. The van der Waals surface area contributed by atoms with Crippen molar-refractivity contribution in [3.8, 4) is 5.75 Å². The zero-order chi connectivity index (χ0) is 17.6. The molecule has 1 heterocycles. The van der Waals surface area contributed by atoms with E-state index in [9.17, 15) is 9.59 Å². The number of nitrogens with one attached hydrogen (secondary N) is 1. The van der Waals surface area contributed by atoms with Gasteiger partial charge in [-0.3, -0.25) is 4.79 Å². The van der Waals surface area contributed by atoms with E-state index in [1.54, 1.807) is 12.1 Å². The molecule has 3 amide bonds. The second-order valence-electron chi connectivity index (χ2n) is 6.67. The molecule has 1 aromatic carbocycles. The second kappa shape index (κ2) is 8.23. The summed E-state index contributed by atoms with van der Waals surface area (Å²) in [5.41, 5.74) is 0.660. The Kier molecular flexibility index (Phi) is 5.79. The molecule has 0 spiro atoms. The molecule has 0 atom stereocenters. The molecule has 1 aliphatic heterocycles. The fourth-order valence-corrected chi connectivity index (χ4v) is 3.49. The molecule has 1 N–H and O–H groups in total. The van der Waals surface area contributed by atoms with Gasteiger partial charge in [0.1, 0.15) is 5.75 Å². The minimum Gasteiger partial charge on any atom is -0.494 e. The van der Waals surface area contributed by atoms with Crippen LogP contribution in [0.3, 0.4) is 0 Å². The normalized spacial score (nSPS) is 18.3. The molecule has 0 aromatic heterocycles. The average Bonchev–Trinajstić information content (AvgIpc) is 3.15. The van der Waals surface area contributed by atoms with E-state index >= 15 is 0 Å². The highest BCUT2D eigenvalue weighted by atomic mass is 16.5. The minimum atomic E-state index is 0.0129. The number of nitrogens with zero attached hydrogens (tertiary/aromatic N) is 2. The molecule has 1 aliphatic carbocycles. The average molecular weight is 345 g/mol. The van der Waals surface area contributed by atoms with Crippen LogP contribution in [0.15, 0.2) is 24.3 Å². The van der Waals surface area contributed by atoms with E-state index in [1.165, 1.54) is 12.8 Å². The van der Waals surface area contributed by atoms with Gasteiger partial charge in [0.2, 0.25) is 0 Å². The molecule has 2 aliphatic rings. The van der Waals surface area contributed by atoms with Gasteiger partial charge < -0.3 is 19.9 Å². The molecule has 3 rings (SSSR count). The standard InChI is InChI=1S/C19H27N3O3/c1-2-25-17-9-7-15(8-10-17)18(23)21-11-13-22(14-12-21)19(24)20-16-5-3-4-6-16/h7-10,16H,2-6,11-14H2,1H3,(H,20,24). The van der Waals surface area contributed by atoms with Gasteiger partial charge in [-0.2, -0.15) is 0 Å². The van der Waals surface area contributed by atoms with Gasteiger partial charge in [0.25, 0.3) is 5.91 Å². The number of rotatable bonds is 4. The Labute approximate surface area is 149 Å². The summed E-state index contributed by atoms with van der Waals surface area (Å²) in [5.74, 6) is 0.784. The number of carbonyl (C=O) groups excluding carboxylic acids is 2. The van der Waals surface area contributed by atoms with Crippen molar-refractivity contribution in [1.29, 1.82) is 0 Å². The third-order valence-corrected chi connectivity index (χ3v) is 4.95. The molecular formula is C19H27N3O3. The predicted octanol–water partition coefficient (Wildman–Crippen LogP) is 2.50. The predicted molar refractivity (Wildman–Crippen MR) is 95.9 cm³/mol. The van der Waals surface area contributed by atoms with Gasteiger partial charge in [0.15, 0.2) is 0 Å². The number of benzene rings is 1. The van der Waals surface area contributed by atoms with Crippen LogP contribution in [0.2, 0.25) is 0 Å². The molecule has 6 heteroatoms. The molecule has 1 aromatic rings. The van der Waals surface area contributed by atoms with Gasteiger partial charge in [-0.15, -0.1) is 0 Å². The Balaban J connectivity index is 1.49. The summed E-state index contributed by atoms with van der Waals surface area (Å²) in [5, 5.41) is 3.11. The molecule has 0 unspecified atom stereocenters. The van der Waals surface area contributed by atoms with Crippen LogP contribution in [0, 0.1) is 0 Å². The lowest BCUT2D eigenvalue weighted by Crippen LogP contribution is -2.54. The molecule has 1 saturated heterocycles. The van der Waals surface area contributed by atoms with Crippen LogP contribution in [0.4, 0.5) is 4.79 Å². The quantitative estimate of drug-likeness (QED) is 0.912. The third-order valence-electron chi connectivity index (χ3n) is 4.95. The first kappa shape index (κ1) is 17.6. The van der Waals surface area contributed by atoms with Crippen LogP contribution < -0.4 is 10.1 Å². The highest BCUT2D eigenvalue weighted by Gasteiger charge is 2.26. The van der Waals surface area contributed by atoms with Crippen LogP contribution in [-0.2, 0) is 0 Å². The van der Waals surface area contributed by atoms with Gasteiger partial charge in [-0.25, -0.2) is 4.79 Å². The van der Waals surface area contributed by atoms with E-state index in [1.807, 2.05) is 28.9 Å². The first-order valence-corrected chi connectivity index (χ1v) is 9.25. The summed E-state index contributed by atoms with van der Waals surface area (Å²) in [6, 6.07) is 7.58. The Morgan fingerprint density at radius 3 is 2.24 bits per heavy atom. The Bertz CT molecular complexity index is 588. The van der Waals surface area contributed by atoms with Gasteiger partial charge in [0.05, 0.1) is 6.61 Å². The minimum absolute atomic E-state index is 0.0129. The topological polar surface area (TPSA) is 61.9 Å². The lowest BCUT2D eigenvalue weighted by molar-refractivity contribution is 0.0663. The third kappa shape index (κ3) is 4.44. The maximum Gasteiger partial charge on any atom is 0.317 e. The first-order chi connectivity index (χ1) is 12.2. The number of hydrogen-bond acceptors (Lipinski definition) is 3. The van der Waals surface area contributed by atoms with Crippen LogP contribution in [0.25, 0.3) is 0 Å². The molecule has 0 radical (unpaired) electrons. The summed E-state index contributed by atoms with van der Waals surface area (Å²) in [4.78, 5) is 28.5. The number of piperazine rings is 1. The van der Waals surface area contributed by atoms with Gasteiger partial charge in [-0.1, -0.05) is 12.8 Å². The van der Waals surface area contributed by atoms with Gasteiger partial charge in [-0.05, 0) is 44.0 Å². The Morgan fingerprint density at radius 2 is 1.64 bits per heavy atom. The van der Waals surface area contributed by atoms with Crippen LogP contribution in [0.1, 0.15) is 43.0 Å². The Morgan fingerprint density at radius 1 is 1.04 bits per heavy atom. The zero-order valence-corrected chi connectivity index (χ0v) is 14.9. The number of carbonyl (C=O) groups is 2. The van der Waals surface area contributed by atoms with Crippen molar-refractivity contribution in [3.63, 3.8) is 0 Å². The molecular weight excluding hydrogens is 318 g/mol. The monoisotopic (exact) mass is 345 g/mol. The Hall–Kier alpha value is -2.24.